The Bertz CT molecular complexity index is 1790. The largest absolute Gasteiger partial charge is 0.278 e. The summed E-state index contributed by atoms with van der Waals surface area (Å²) in [6, 6.07) is 34.1. The van der Waals surface area contributed by atoms with Crippen LogP contribution < -0.4 is 0 Å². The van der Waals surface area contributed by atoms with Crippen LogP contribution >= 0.6 is 0 Å². The molecule has 0 amide bonds. The molecule has 150 valence electrons. The van der Waals surface area contributed by atoms with E-state index in [2.05, 4.69) is 109 Å². The summed E-state index contributed by atoms with van der Waals surface area (Å²) in [5.74, 6) is 0.716. The summed E-state index contributed by atoms with van der Waals surface area (Å²) in [6.07, 6.45) is 0. The molecule has 0 aliphatic rings. The van der Waals surface area contributed by atoms with E-state index in [1.54, 1.807) is 0 Å². The van der Waals surface area contributed by atoms with Gasteiger partial charge < -0.3 is 0 Å². The molecule has 0 spiro atoms. The molecule has 3 heteroatoms. The number of benzene rings is 5. The molecule has 2 aromatic heterocycles. The van der Waals surface area contributed by atoms with Crippen LogP contribution in [-0.2, 0) is 0 Å². The molecule has 7 aromatic rings. The van der Waals surface area contributed by atoms with Crippen LogP contribution in [0.15, 0.2) is 97.1 Å². The molecule has 2 heterocycles. The fourth-order valence-electron chi connectivity index (χ4n) is 5.17. The highest BCUT2D eigenvalue weighted by Gasteiger charge is 2.17. The van der Waals surface area contributed by atoms with Gasteiger partial charge in [0.05, 0.1) is 22.2 Å². The van der Waals surface area contributed by atoms with Crippen LogP contribution in [-0.4, -0.2) is 14.5 Å². The Kier molecular flexibility index (Phi) is 3.48. The van der Waals surface area contributed by atoms with Gasteiger partial charge >= 0.3 is 0 Å². The summed E-state index contributed by atoms with van der Waals surface area (Å²) in [7, 11) is 0. The number of hydrogen-bond donors (Lipinski definition) is 0. The Hall–Kier alpha value is -4.24. The van der Waals surface area contributed by atoms with E-state index in [1.165, 1.54) is 26.9 Å². The maximum Gasteiger partial charge on any atom is 0.235 e. The van der Waals surface area contributed by atoms with Crippen LogP contribution in [0.1, 0.15) is 5.69 Å². The van der Waals surface area contributed by atoms with E-state index in [0.717, 1.165) is 33.0 Å². The van der Waals surface area contributed by atoms with Crippen LogP contribution in [0.5, 0.6) is 0 Å². The van der Waals surface area contributed by atoms with Crippen molar-refractivity contribution in [1.29, 1.82) is 0 Å². The topological polar surface area (TPSA) is 30.7 Å². The van der Waals surface area contributed by atoms with E-state index in [9.17, 15) is 0 Å². The molecule has 0 N–H and O–H groups in total. The first-order chi connectivity index (χ1) is 15.8. The standard InChI is InChI=1S/C29H19N3/c1-18-27-23-14-4-2-10-19(23)20-11-3-5-15-24(20)28(27)31-29(30-18)32-25-16-8-6-12-21(25)22-13-7-9-17-26(22)32/h2-17H,1H3. The first kappa shape index (κ1) is 17.4. The van der Waals surface area contributed by atoms with E-state index in [1.807, 2.05) is 0 Å². The number of aromatic nitrogens is 3. The summed E-state index contributed by atoms with van der Waals surface area (Å²) in [4.78, 5) is 10.3. The van der Waals surface area contributed by atoms with Gasteiger partial charge in [-0.1, -0.05) is 84.9 Å². The zero-order valence-corrected chi connectivity index (χ0v) is 17.6. The highest BCUT2D eigenvalue weighted by atomic mass is 15.2. The van der Waals surface area contributed by atoms with Crippen molar-refractivity contribution in [3.05, 3.63) is 103 Å². The first-order valence-electron chi connectivity index (χ1n) is 10.9. The molecule has 0 radical (unpaired) electrons. The highest BCUT2D eigenvalue weighted by molar-refractivity contribution is 6.24. The van der Waals surface area contributed by atoms with Gasteiger partial charge in [0.2, 0.25) is 5.95 Å². The lowest BCUT2D eigenvalue weighted by Gasteiger charge is -2.14. The summed E-state index contributed by atoms with van der Waals surface area (Å²) in [5.41, 5.74) is 4.24. The maximum atomic E-state index is 5.21. The van der Waals surface area contributed by atoms with Gasteiger partial charge in [0.1, 0.15) is 0 Å². The molecule has 0 aliphatic heterocycles. The second kappa shape index (κ2) is 6.38. The summed E-state index contributed by atoms with van der Waals surface area (Å²) in [6.45, 7) is 2.10. The Morgan fingerprint density at radius 1 is 0.500 bits per heavy atom. The maximum absolute atomic E-state index is 5.21. The van der Waals surface area contributed by atoms with E-state index in [4.69, 9.17) is 9.97 Å². The van der Waals surface area contributed by atoms with E-state index in [-0.39, 0.29) is 0 Å². The molecule has 7 rings (SSSR count). The van der Waals surface area contributed by atoms with Gasteiger partial charge in [-0.3, -0.25) is 4.57 Å². The van der Waals surface area contributed by atoms with E-state index >= 15 is 0 Å². The molecule has 0 aliphatic carbocycles. The lowest BCUT2D eigenvalue weighted by atomic mass is 9.96. The number of rotatable bonds is 1. The zero-order chi connectivity index (χ0) is 21.2. The third kappa shape index (κ3) is 2.25. The smallest absolute Gasteiger partial charge is 0.235 e. The number of aryl methyl sites for hydroxylation is 1. The third-order valence-electron chi connectivity index (χ3n) is 6.53. The van der Waals surface area contributed by atoms with Gasteiger partial charge in [-0.15, -0.1) is 0 Å². The minimum absolute atomic E-state index is 0.716. The van der Waals surface area contributed by atoms with Crippen LogP contribution in [0, 0.1) is 6.92 Å². The lowest BCUT2D eigenvalue weighted by Crippen LogP contribution is -2.04. The monoisotopic (exact) mass is 409 g/mol. The summed E-state index contributed by atoms with van der Waals surface area (Å²) >= 11 is 0. The van der Waals surface area contributed by atoms with Gasteiger partial charge in [-0.25, -0.2) is 9.97 Å². The molecule has 32 heavy (non-hydrogen) atoms. The average Bonchev–Trinajstić information content (AvgIpc) is 3.18. The van der Waals surface area contributed by atoms with Crippen molar-refractivity contribution in [2.75, 3.05) is 0 Å². The second-order valence-electron chi connectivity index (χ2n) is 8.29. The van der Waals surface area contributed by atoms with Crippen LogP contribution in [0.3, 0.4) is 0 Å². The van der Waals surface area contributed by atoms with Gasteiger partial charge in [0.15, 0.2) is 0 Å². The Balaban J connectivity index is 1.69. The van der Waals surface area contributed by atoms with Crippen molar-refractivity contribution < 1.29 is 0 Å². The van der Waals surface area contributed by atoms with Crippen molar-refractivity contribution >= 4 is 54.3 Å². The Morgan fingerprint density at radius 2 is 0.969 bits per heavy atom. The van der Waals surface area contributed by atoms with Crippen molar-refractivity contribution in [3.8, 4) is 5.95 Å². The number of fused-ring (bicyclic) bond motifs is 9. The molecule has 5 aromatic carbocycles. The van der Waals surface area contributed by atoms with Gasteiger partial charge in [0, 0.05) is 21.5 Å². The van der Waals surface area contributed by atoms with Crippen LogP contribution in [0.4, 0.5) is 0 Å². The molecular formula is C29H19N3. The van der Waals surface area contributed by atoms with Crippen molar-refractivity contribution in [1.82, 2.24) is 14.5 Å². The molecule has 0 atom stereocenters. The van der Waals surface area contributed by atoms with Gasteiger partial charge in [0.25, 0.3) is 0 Å². The lowest BCUT2D eigenvalue weighted by molar-refractivity contribution is 0.991. The average molecular weight is 409 g/mol. The van der Waals surface area contributed by atoms with Crippen molar-refractivity contribution in [2.45, 2.75) is 6.92 Å². The normalized spacial score (nSPS) is 11.9. The zero-order valence-electron chi connectivity index (χ0n) is 17.6. The minimum atomic E-state index is 0.716. The van der Waals surface area contributed by atoms with E-state index in [0.29, 0.717) is 5.95 Å². The quantitative estimate of drug-likeness (QED) is 0.266. The number of nitrogens with zero attached hydrogens (tertiary/aromatic N) is 3. The van der Waals surface area contributed by atoms with Crippen LogP contribution in [0.2, 0.25) is 0 Å². The first-order valence-corrected chi connectivity index (χ1v) is 10.9. The summed E-state index contributed by atoms with van der Waals surface area (Å²) < 4.78 is 2.20. The SMILES string of the molecule is Cc1nc(-n2c3ccccc3c3ccccc32)nc2c3ccccc3c3ccccc3c12. The van der Waals surface area contributed by atoms with Gasteiger partial charge in [-0.2, -0.15) is 0 Å². The number of hydrogen-bond acceptors (Lipinski definition) is 2. The van der Waals surface area contributed by atoms with Crippen molar-refractivity contribution in [2.24, 2.45) is 0 Å². The molecular weight excluding hydrogens is 390 g/mol. The highest BCUT2D eigenvalue weighted by Crippen LogP contribution is 2.37. The molecule has 0 saturated heterocycles. The molecule has 0 bridgehead atoms. The Labute approximate surface area is 184 Å². The molecule has 3 nitrogen and oxygen atoms in total. The molecule has 0 saturated carbocycles. The van der Waals surface area contributed by atoms with Gasteiger partial charge in [-0.05, 0) is 35.2 Å². The molecule has 0 unspecified atom stereocenters. The fourth-order valence-corrected chi connectivity index (χ4v) is 5.17. The third-order valence-corrected chi connectivity index (χ3v) is 6.53. The van der Waals surface area contributed by atoms with Crippen molar-refractivity contribution in [3.63, 3.8) is 0 Å². The summed E-state index contributed by atoms with van der Waals surface area (Å²) in [5, 5.41) is 8.39. The molecule has 0 fully saturated rings. The Morgan fingerprint density at radius 3 is 1.59 bits per heavy atom. The second-order valence-corrected chi connectivity index (χ2v) is 8.29. The minimum Gasteiger partial charge on any atom is -0.278 e. The fraction of sp³-hybridized carbons (Fsp3) is 0.0345. The van der Waals surface area contributed by atoms with E-state index < -0.39 is 0 Å². The predicted molar refractivity (Wildman–Crippen MR) is 134 cm³/mol. The predicted octanol–water partition coefficient (Wildman–Crippen LogP) is 7.34. The van der Waals surface area contributed by atoms with Crippen LogP contribution in [0.25, 0.3) is 60.2 Å². The number of para-hydroxylation sites is 2.